The highest BCUT2D eigenvalue weighted by Gasteiger charge is 2.24. The molecule has 0 aromatic carbocycles. The number of carbonyl (C=O) groups excluding carboxylic acids is 1. The zero-order chi connectivity index (χ0) is 8.72. The Morgan fingerprint density at radius 3 is 3.17 bits per heavy atom. The maximum atomic E-state index is 11.4. The van der Waals surface area contributed by atoms with Gasteiger partial charge in [0.25, 0.3) is 5.91 Å². The molecule has 64 valence electrons. The standard InChI is InChI=1S/C7H10N4O/c1-4-2-9-6-5(4)7(12)11(8)3-10-6/h2,9-10H,3,8H2,1H3. The molecular weight excluding hydrogens is 156 g/mol. The first-order valence-electron chi connectivity index (χ1n) is 3.68. The van der Waals surface area contributed by atoms with Crippen molar-refractivity contribution in [2.45, 2.75) is 6.92 Å². The van der Waals surface area contributed by atoms with Crippen molar-refractivity contribution in [3.8, 4) is 0 Å². The first-order chi connectivity index (χ1) is 5.70. The lowest BCUT2D eigenvalue weighted by Crippen LogP contribution is -2.44. The van der Waals surface area contributed by atoms with E-state index >= 15 is 0 Å². The Balaban J connectivity index is 2.53. The van der Waals surface area contributed by atoms with Crippen LogP contribution in [0.4, 0.5) is 5.82 Å². The minimum atomic E-state index is -0.137. The van der Waals surface area contributed by atoms with Crippen LogP contribution in [0.5, 0.6) is 0 Å². The Labute approximate surface area is 69.5 Å². The molecule has 0 unspecified atom stereocenters. The minimum absolute atomic E-state index is 0.137. The van der Waals surface area contributed by atoms with Gasteiger partial charge in [-0.15, -0.1) is 0 Å². The molecule has 1 aromatic rings. The molecule has 12 heavy (non-hydrogen) atoms. The van der Waals surface area contributed by atoms with Crippen LogP contribution in [0.3, 0.4) is 0 Å². The molecule has 1 amide bonds. The second-order valence-corrected chi connectivity index (χ2v) is 2.83. The predicted molar refractivity (Wildman–Crippen MR) is 44.4 cm³/mol. The van der Waals surface area contributed by atoms with E-state index in [9.17, 15) is 4.79 Å². The third kappa shape index (κ3) is 0.799. The van der Waals surface area contributed by atoms with Crippen LogP contribution in [-0.4, -0.2) is 22.6 Å². The number of nitrogens with one attached hydrogen (secondary N) is 2. The summed E-state index contributed by atoms with van der Waals surface area (Å²) < 4.78 is 0. The van der Waals surface area contributed by atoms with Gasteiger partial charge in [-0.3, -0.25) is 9.80 Å². The Bertz CT molecular complexity index is 330. The first-order valence-corrected chi connectivity index (χ1v) is 3.68. The van der Waals surface area contributed by atoms with Gasteiger partial charge in [0, 0.05) is 6.20 Å². The molecule has 1 aliphatic heterocycles. The lowest BCUT2D eigenvalue weighted by atomic mass is 10.2. The maximum absolute atomic E-state index is 11.4. The van der Waals surface area contributed by atoms with Crippen molar-refractivity contribution in [3.63, 3.8) is 0 Å². The van der Waals surface area contributed by atoms with Crippen molar-refractivity contribution in [1.82, 2.24) is 9.99 Å². The Kier molecular flexibility index (Phi) is 1.34. The van der Waals surface area contributed by atoms with E-state index in [1.165, 1.54) is 0 Å². The van der Waals surface area contributed by atoms with E-state index < -0.39 is 0 Å². The van der Waals surface area contributed by atoms with Crippen LogP contribution in [0, 0.1) is 6.92 Å². The van der Waals surface area contributed by atoms with Crippen LogP contribution >= 0.6 is 0 Å². The van der Waals surface area contributed by atoms with Crippen molar-refractivity contribution in [1.29, 1.82) is 0 Å². The fourth-order valence-electron chi connectivity index (χ4n) is 1.32. The third-order valence-electron chi connectivity index (χ3n) is 1.98. The number of H-pyrrole nitrogens is 1. The van der Waals surface area contributed by atoms with Gasteiger partial charge in [-0.2, -0.15) is 0 Å². The van der Waals surface area contributed by atoms with Gasteiger partial charge in [-0.1, -0.05) is 0 Å². The van der Waals surface area contributed by atoms with Crippen LogP contribution in [0.25, 0.3) is 0 Å². The number of aromatic nitrogens is 1. The molecule has 1 aromatic heterocycles. The van der Waals surface area contributed by atoms with Crippen molar-refractivity contribution in [2.24, 2.45) is 5.84 Å². The van der Waals surface area contributed by atoms with Gasteiger partial charge in [0.1, 0.15) is 12.5 Å². The Hall–Kier alpha value is -1.49. The first kappa shape index (κ1) is 7.17. The summed E-state index contributed by atoms with van der Waals surface area (Å²) in [6.07, 6.45) is 1.79. The summed E-state index contributed by atoms with van der Waals surface area (Å²) >= 11 is 0. The van der Waals surface area contributed by atoms with Gasteiger partial charge in [0.15, 0.2) is 0 Å². The molecule has 4 N–H and O–H groups in total. The van der Waals surface area contributed by atoms with E-state index in [2.05, 4.69) is 10.3 Å². The summed E-state index contributed by atoms with van der Waals surface area (Å²) in [5.41, 5.74) is 1.56. The smallest absolute Gasteiger partial charge is 0.273 e. The molecular formula is C7H10N4O. The van der Waals surface area contributed by atoms with Gasteiger partial charge in [-0.25, -0.2) is 5.84 Å². The quantitative estimate of drug-likeness (QED) is 0.376. The SMILES string of the molecule is Cc1c[nH]c2c1C(=O)N(N)CN2. The van der Waals surface area contributed by atoms with Crippen molar-refractivity contribution < 1.29 is 4.79 Å². The highest BCUT2D eigenvalue weighted by atomic mass is 16.2. The summed E-state index contributed by atoms with van der Waals surface area (Å²) in [5, 5.41) is 4.14. The van der Waals surface area contributed by atoms with E-state index in [4.69, 9.17) is 5.84 Å². The predicted octanol–water partition coefficient (Wildman–Crippen LogP) is 0.0220. The van der Waals surface area contributed by atoms with Crippen LogP contribution < -0.4 is 11.2 Å². The molecule has 0 atom stereocenters. The number of amides is 1. The summed E-state index contributed by atoms with van der Waals surface area (Å²) in [7, 11) is 0. The second kappa shape index (κ2) is 2.25. The number of hydrogen-bond acceptors (Lipinski definition) is 3. The minimum Gasteiger partial charge on any atom is -0.352 e. The number of hydrazine groups is 1. The Morgan fingerprint density at radius 2 is 2.42 bits per heavy atom. The molecule has 0 saturated heterocycles. The molecule has 0 spiro atoms. The van der Waals surface area contributed by atoms with Crippen LogP contribution in [0.2, 0.25) is 0 Å². The molecule has 0 fully saturated rings. The fraction of sp³-hybridized carbons (Fsp3) is 0.286. The van der Waals surface area contributed by atoms with E-state index in [1.807, 2.05) is 6.92 Å². The van der Waals surface area contributed by atoms with Crippen LogP contribution in [0.1, 0.15) is 15.9 Å². The number of anilines is 1. The normalized spacial score (nSPS) is 15.8. The maximum Gasteiger partial charge on any atom is 0.273 e. The summed E-state index contributed by atoms with van der Waals surface area (Å²) in [5.74, 6) is 6.06. The number of nitrogens with zero attached hydrogens (tertiary/aromatic N) is 1. The van der Waals surface area contributed by atoms with Gasteiger partial charge >= 0.3 is 0 Å². The number of fused-ring (bicyclic) bond motifs is 1. The molecule has 5 heteroatoms. The summed E-state index contributed by atoms with van der Waals surface area (Å²) in [6, 6.07) is 0. The Morgan fingerprint density at radius 1 is 1.67 bits per heavy atom. The lowest BCUT2D eigenvalue weighted by molar-refractivity contribution is 0.0757. The monoisotopic (exact) mass is 166 g/mol. The van der Waals surface area contributed by atoms with Gasteiger partial charge in [0.2, 0.25) is 0 Å². The molecule has 2 rings (SSSR count). The molecule has 5 nitrogen and oxygen atoms in total. The number of carbonyl (C=O) groups is 1. The average Bonchev–Trinajstić information content (AvgIpc) is 2.41. The highest BCUT2D eigenvalue weighted by Crippen LogP contribution is 2.22. The van der Waals surface area contributed by atoms with Gasteiger partial charge in [0.05, 0.1) is 5.56 Å². The third-order valence-corrected chi connectivity index (χ3v) is 1.98. The fourth-order valence-corrected chi connectivity index (χ4v) is 1.32. The molecule has 0 bridgehead atoms. The van der Waals surface area contributed by atoms with Gasteiger partial charge in [-0.05, 0) is 12.5 Å². The van der Waals surface area contributed by atoms with E-state index in [-0.39, 0.29) is 5.91 Å². The molecule has 0 aliphatic carbocycles. The lowest BCUT2D eigenvalue weighted by Gasteiger charge is -2.23. The average molecular weight is 166 g/mol. The molecule has 2 heterocycles. The van der Waals surface area contributed by atoms with Crippen molar-refractivity contribution in [3.05, 3.63) is 17.3 Å². The number of aromatic amines is 1. The summed E-state index contributed by atoms with van der Waals surface area (Å²) in [6.45, 7) is 2.22. The second-order valence-electron chi connectivity index (χ2n) is 2.83. The molecule has 0 saturated carbocycles. The highest BCUT2D eigenvalue weighted by molar-refractivity contribution is 6.01. The topological polar surface area (TPSA) is 74.2 Å². The van der Waals surface area contributed by atoms with E-state index in [0.29, 0.717) is 12.2 Å². The van der Waals surface area contributed by atoms with Crippen LogP contribution in [0.15, 0.2) is 6.20 Å². The van der Waals surface area contributed by atoms with Gasteiger partial charge < -0.3 is 10.3 Å². The number of aryl methyl sites for hydroxylation is 1. The number of rotatable bonds is 0. The van der Waals surface area contributed by atoms with Crippen molar-refractivity contribution in [2.75, 3.05) is 12.0 Å². The largest absolute Gasteiger partial charge is 0.352 e. The number of hydrogen-bond donors (Lipinski definition) is 3. The van der Waals surface area contributed by atoms with E-state index in [0.717, 1.165) is 16.4 Å². The van der Waals surface area contributed by atoms with Crippen LogP contribution in [-0.2, 0) is 0 Å². The molecule has 1 aliphatic rings. The van der Waals surface area contributed by atoms with Crippen molar-refractivity contribution >= 4 is 11.7 Å². The zero-order valence-corrected chi connectivity index (χ0v) is 6.72. The number of nitrogens with two attached hydrogens (primary N) is 1. The zero-order valence-electron chi connectivity index (χ0n) is 6.72. The summed E-state index contributed by atoms with van der Waals surface area (Å²) in [4.78, 5) is 14.4. The molecule has 0 radical (unpaired) electrons. The van der Waals surface area contributed by atoms with E-state index in [1.54, 1.807) is 6.20 Å².